The van der Waals surface area contributed by atoms with Gasteiger partial charge in [-0.15, -0.1) is 0 Å². The molecule has 3 N–H and O–H groups in total. The van der Waals surface area contributed by atoms with Gasteiger partial charge in [0.25, 0.3) is 5.56 Å². The van der Waals surface area contributed by atoms with Gasteiger partial charge in [-0.2, -0.15) is 0 Å². The maximum Gasteiger partial charge on any atom is 0.257 e. The standard InChI is InChI=1S/C18H15N3O2/c19-17(23)18(6-7-18)15-8-12-13(11-4-2-1-3-5-11)9-21-16(22)14(12)10-20-15/h1-5,8-10H,6-7H2,(H2,19,23)(H,21,22). The summed E-state index contributed by atoms with van der Waals surface area (Å²) in [5, 5.41) is 1.30. The summed E-state index contributed by atoms with van der Waals surface area (Å²) in [5.41, 5.74) is 7.24. The largest absolute Gasteiger partial charge is 0.369 e. The van der Waals surface area contributed by atoms with Crippen molar-refractivity contribution in [3.05, 3.63) is 64.8 Å². The van der Waals surface area contributed by atoms with Crippen LogP contribution < -0.4 is 11.3 Å². The van der Waals surface area contributed by atoms with Gasteiger partial charge in [0, 0.05) is 18.0 Å². The van der Waals surface area contributed by atoms with Crippen molar-refractivity contribution in [3.63, 3.8) is 0 Å². The average molecular weight is 305 g/mol. The van der Waals surface area contributed by atoms with Crippen LogP contribution in [0.3, 0.4) is 0 Å². The van der Waals surface area contributed by atoms with Gasteiger partial charge in [0.15, 0.2) is 0 Å². The number of aromatic nitrogens is 2. The zero-order valence-electron chi connectivity index (χ0n) is 12.4. The Hall–Kier alpha value is -2.95. The fourth-order valence-electron chi connectivity index (χ4n) is 3.02. The highest BCUT2D eigenvalue weighted by atomic mass is 16.1. The van der Waals surface area contributed by atoms with Crippen LogP contribution in [-0.4, -0.2) is 15.9 Å². The number of pyridine rings is 2. The third-order valence-corrected chi connectivity index (χ3v) is 4.58. The maximum atomic E-state index is 12.1. The predicted molar refractivity (Wildman–Crippen MR) is 87.9 cm³/mol. The van der Waals surface area contributed by atoms with E-state index in [4.69, 9.17) is 5.73 Å². The molecule has 0 saturated heterocycles. The number of fused-ring (bicyclic) bond motifs is 1. The number of nitrogens with two attached hydrogens (primary N) is 1. The number of rotatable bonds is 3. The molecule has 5 heteroatoms. The van der Waals surface area contributed by atoms with Crippen molar-refractivity contribution in [2.45, 2.75) is 18.3 Å². The Morgan fingerprint density at radius 3 is 2.57 bits per heavy atom. The number of carbonyl (C=O) groups excluding carboxylic acids is 1. The van der Waals surface area contributed by atoms with Gasteiger partial charge in [-0.05, 0) is 29.9 Å². The van der Waals surface area contributed by atoms with E-state index >= 15 is 0 Å². The number of nitrogens with zero attached hydrogens (tertiary/aromatic N) is 1. The van der Waals surface area contributed by atoms with Crippen LogP contribution in [0.15, 0.2) is 53.6 Å². The average Bonchev–Trinajstić information content (AvgIpc) is 3.38. The van der Waals surface area contributed by atoms with Gasteiger partial charge in [-0.3, -0.25) is 14.6 Å². The number of carbonyl (C=O) groups is 1. The molecule has 5 nitrogen and oxygen atoms in total. The van der Waals surface area contributed by atoms with Crippen molar-refractivity contribution in [2.75, 3.05) is 0 Å². The van der Waals surface area contributed by atoms with Crippen LogP contribution >= 0.6 is 0 Å². The van der Waals surface area contributed by atoms with E-state index < -0.39 is 5.41 Å². The van der Waals surface area contributed by atoms with E-state index in [9.17, 15) is 9.59 Å². The van der Waals surface area contributed by atoms with E-state index in [1.54, 1.807) is 12.4 Å². The number of hydrogen-bond donors (Lipinski definition) is 2. The van der Waals surface area contributed by atoms with Crippen LogP contribution in [-0.2, 0) is 10.2 Å². The smallest absolute Gasteiger partial charge is 0.257 e. The minimum Gasteiger partial charge on any atom is -0.369 e. The summed E-state index contributed by atoms with van der Waals surface area (Å²) < 4.78 is 0. The molecule has 1 aliphatic carbocycles. The molecule has 0 unspecified atom stereocenters. The first-order valence-corrected chi connectivity index (χ1v) is 7.49. The lowest BCUT2D eigenvalue weighted by atomic mass is 9.96. The topological polar surface area (TPSA) is 88.8 Å². The number of aromatic amines is 1. The number of amides is 1. The Morgan fingerprint density at radius 1 is 1.17 bits per heavy atom. The van der Waals surface area contributed by atoms with E-state index in [1.807, 2.05) is 36.4 Å². The Kier molecular flexibility index (Phi) is 2.84. The Balaban J connectivity index is 2.00. The minimum atomic E-state index is -0.662. The van der Waals surface area contributed by atoms with Gasteiger partial charge in [0.1, 0.15) is 0 Å². The number of hydrogen-bond acceptors (Lipinski definition) is 3. The Labute approximate surface area is 132 Å². The Morgan fingerprint density at radius 2 is 1.91 bits per heavy atom. The first-order chi connectivity index (χ1) is 11.1. The fourth-order valence-corrected chi connectivity index (χ4v) is 3.02. The van der Waals surface area contributed by atoms with Crippen LogP contribution in [0, 0.1) is 0 Å². The summed E-state index contributed by atoms with van der Waals surface area (Å²) in [6.45, 7) is 0. The van der Waals surface area contributed by atoms with Gasteiger partial charge in [-0.25, -0.2) is 0 Å². The molecule has 2 aromatic heterocycles. The summed E-state index contributed by atoms with van der Waals surface area (Å²) in [6.07, 6.45) is 4.67. The van der Waals surface area contributed by atoms with E-state index in [1.165, 1.54) is 0 Å². The van der Waals surface area contributed by atoms with Gasteiger partial charge in [0.05, 0.1) is 16.5 Å². The number of benzene rings is 1. The molecule has 0 radical (unpaired) electrons. The molecule has 3 aromatic rings. The molecule has 4 rings (SSSR count). The van der Waals surface area contributed by atoms with Crippen LogP contribution in [0.4, 0.5) is 0 Å². The summed E-state index contributed by atoms with van der Waals surface area (Å²) in [6, 6.07) is 11.6. The molecule has 0 atom stereocenters. The highest BCUT2D eigenvalue weighted by Crippen LogP contribution is 2.47. The highest BCUT2D eigenvalue weighted by molar-refractivity contribution is 5.97. The van der Waals surface area contributed by atoms with Gasteiger partial charge >= 0.3 is 0 Å². The second-order valence-corrected chi connectivity index (χ2v) is 5.96. The highest BCUT2D eigenvalue weighted by Gasteiger charge is 2.51. The minimum absolute atomic E-state index is 0.192. The number of nitrogens with one attached hydrogen (secondary N) is 1. The molecule has 1 aliphatic rings. The summed E-state index contributed by atoms with van der Waals surface area (Å²) in [7, 11) is 0. The fraction of sp³-hybridized carbons (Fsp3) is 0.167. The lowest BCUT2D eigenvalue weighted by Crippen LogP contribution is -2.29. The van der Waals surface area contributed by atoms with Crippen molar-refractivity contribution < 1.29 is 4.79 Å². The molecule has 1 saturated carbocycles. The molecule has 2 heterocycles. The van der Waals surface area contributed by atoms with Crippen molar-refractivity contribution in [3.8, 4) is 11.1 Å². The van der Waals surface area contributed by atoms with Gasteiger partial charge < -0.3 is 10.7 Å². The van der Waals surface area contributed by atoms with Crippen molar-refractivity contribution in [1.82, 2.24) is 9.97 Å². The lowest BCUT2D eigenvalue weighted by Gasteiger charge is -2.12. The summed E-state index contributed by atoms with van der Waals surface area (Å²) >= 11 is 0. The van der Waals surface area contributed by atoms with Crippen LogP contribution in [0.1, 0.15) is 18.5 Å². The van der Waals surface area contributed by atoms with E-state index in [0.717, 1.165) is 16.5 Å². The molecule has 0 spiro atoms. The molecule has 23 heavy (non-hydrogen) atoms. The predicted octanol–water partition coefficient (Wildman–Crippen LogP) is 2.11. The van der Waals surface area contributed by atoms with E-state index in [0.29, 0.717) is 23.9 Å². The van der Waals surface area contributed by atoms with Gasteiger partial charge in [-0.1, -0.05) is 30.3 Å². The number of H-pyrrole nitrogens is 1. The lowest BCUT2D eigenvalue weighted by molar-refractivity contribution is -0.120. The van der Waals surface area contributed by atoms with Crippen LogP contribution in [0.25, 0.3) is 21.9 Å². The van der Waals surface area contributed by atoms with E-state index in [2.05, 4.69) is 9.97 Å². The second kappa shape index (κ2) is 4.78. The number of primary amides is 1. The molecular formula is C18H15N3O2. The van der Waals surface area contributed by atoms with Crippen molar-refractivity contribution in [1.29, 1.82) is 0 Å². The first-order valence-electron chi connectivity index (χ1n) is 7.49. The van der Waals surface area contributed by atoms with Crippen molar-refractivity contribution >= 4 is 16.7 Å². The third kappa shape index (κ3) is 2.04. The normalized spacial score (nSPS) is 15.5. The summed E-state index contributed by atoms with van der Waals surface area (Å²) in [5.74, 6) is -0.351. The van der Waals surface area contributed by atoms with Crippen LogP contribution in [0.2, 0.25) is 0 Å². The second-order valence-electron chi connectivity index (χ2n) is 5.96. The molecular weight excluding hydrogens is 290 g/mol. The zero-order valence-corrected chi connectivity index (χ0v) is 12.4. The molecule has 0 bridgehead atoms. The third-order valence-electron chi connectivity index (χ3n) is 4.58. The first kappa shape index (κ1) is 13.7. The quantitative estimate of drug-likeness (QED) is 0.776. The monoisotopic (exact) mass is 305 g/mol. The summed E-state index contributed by atoms with van der Waals surface area (Å²) in [4.78, 5) is 30.9. The molecule has 0 aliphatic heterocycles. The molecule has 1 amide bonds. The maximum absolute atomic E-state index is 12.1. The van der Waals surface area contributed by atoms with Gasteiger partial charge in [0.2, 0.25) is 5.91 Å². The molecule has 1 aromatic carbocycles. The zero-order chi connectivity index (χ0) is 16.0. The Bertz CT molecular complexity index is 972. The van der Waals surface area contributed by atoms with Crippen LogP contribution in [0.5, 0.6) is 0 Å². The SMILES string of the molecule is NC(=O)C1(c2cc3c(-c4ccccc4)c[nH]c(=O)c3cn2)CC1. The van der Waals surface area contributed by atoms with Crippen molar-refractivity contribution in [2.24, 2.45) is 5.73 Å². The molecule has 1 fully saturated rings. The van der Waals surface area contributed by atoms with E-state index in [-0.39, 0.29) is 11.5 Å². The molecule has 114 valence electrons.